The molecule has 2 aromatic carbocycles. The molecule has 0 radical (unpaired) electrons. The van der Waals surface area contributed by atoms with Crippen LogP contribution in [0.15, 0.2) is 48.5 Å². The molecule has 0 atom stereocenters. The van der Waals surface area contributed by atoms with Crippen molar-refractivity contribution in [1.29, 1.82) is 0 Å². The predicted octanol–water partition coefficient (Wildman–Crippen LogP) is 3.01. The van der Waals surface area contributed by atoms with Crippen molar-refractivity contribution in [2.24, 2.45) is 0 Å². The van der Waals surface area contributed by atoms with Gasteiger partial charge >= 0.3 is 5.97 Å². The van der Waals surface area contributed by atoms with Crippen LogP contribution >= 0.6 is 0 Å². The Labute approximate surface area is 146 Å². The maximum absolute atomic E-state index is 11.4. The highest BCUT2D eigenvalue weighted by Gasteiger charge is 2.05. The molecule has 0 unspecified atom stereocenters. The van der Waals surface area contributed by atoms with E-state index in [1.54, 1.807) is 13.2 Å². The van der Waals surface area contributed by atoms with E-state index in [0.717, 1.165) is 11.3 Å². The van der Waals surface area contributed by atoms with Crippen LogP contribution in [-0.2, 0) is 16.0 Å². The van der Waals surface area contributed by atoms with Gasteiger partial charge in [0, 0.05) is 19.0 Å². The van der Waals surface area contributed by atoms with Crippen molar-refractivity contribution in [3.63, 3.8) is 0 Å². The number of aliphatic carboxylic acids is 1. The Morgan fingerprint density at radius 1 is 1.00 bits per heavy atom. The highest BCUT2D eigenvalue weighted by molar-refractivity contribution is 5.80. The van der Waals surface area contributed by atoms with Gasteiger partial charge in [0.15, 0.2) is 0 Å². The number of nitrogens with one attached hydrogen (secondary N) is 1. The zero-order chi connectivity index (χ0) is 18.1. The molecule has 0 spiro atoms. The summed E-state index contributed by atoms with van der Waals surface area (Å²) in [5, 5.41) is 11.2. The third-order valence-electron chi connectivity index (χ3n) is 3.50. The van der Waals surface area contributed by atoms with Gasteiger partial charge in [0.25, 0.3) is 0 Å². The molecule has 0 saturated carbocycles. The number of carbonyl (C=O) groups is 2. The topological polar surface area (TPSA) is 84.9 Å². The van der Waals surface area contributed by atoms with Gasteiger partial charge in [-0.1, -0.05) is 18.2 Å². The maximum Gasteiger partial charge on any atom is 0.303 e. The quantitative estimate of drug-likeness (QED) is 0.731. The molecule has 132 valence electrons. The van der Waals surface area contributed by atoms with Crippen LogP contribution in [-0.4, -0.2) is 30.6 Å². The van der Waals surface area contributed by atoms with Gasteiger partial charge in [-0.05, 0) is 36.2 Å². The molecule has 0 saturated heterocycles. The third kappa shape index (κ3) is 6.55. The first-order valence-electron chi connectivity index (χ1n) is 7.96. The van der Waals surface area contributed by atoms with E-state index in [-0.39, 0.29) is 18.7 Å². The second kappa shape index (κ2) is 9.32. The molecule has 25 heavy (non-hydrogen) atoms. The summed E-state index contributed by atoms with van der Waals surface area (Å²) in [5.74, 6) is 0.912. The van der Waals surface area contributed by atoms with E-state index in [1.165, 1.54) is 0 Å². The van der Waals surface area contributed by atoms with Crippen molar-refractivity contribution in [3.05, 3.63) is 54.1 Å². The SMILES string of the molecule is COc1cccc(Oc2ccc(CCNC(=O)CCC(=O)O)cc2)c1. The summed E-state index contributed by atoms with van der Waals surface area (Å²) in [6.07, 6.45) is 0.517. The molecule has 2 N–H and O–H groups in total. The van der Waals surface area contributed by atoms with Crippen LogP contribution in [0.3, 0.4) is 0 Å². The van der Waals surface area contributed by atoms with Crippen LogP contribution in [0.25, 0.3) is 0 Å². The number of carbonyl (C=O) groups excluding carboxylic acids is 1. The summed E-state index contributed by atoms with van der Waals surface area (Å²) >= 11 is 0. The number of hydrogen-bond acceptors (Lipinski definition) is 4. The fraction of sp³-hybridized carbons (Fsp3) is 0.263. The molecule has 1 amide bonds. The number of carboxylic acid groups (broad SMARTS) is 1. The Morgan fingerprint density at radius 3 is 2.40 bits per heavy atom. The molecule has 6 nitrogen and oxygen atoms in total. The zero-order valence-electron chi connectivity index (χ0n) is 14.0. The monoisotopic (exact) mass is 343 g/mol. The number of methoxy groups -OCH3 is 1. The molecule has 0 bridgehead atoms. The van der Waals surface area contributed by atoms with Crippen molar-refractivity contribution in [3.8, 4) is 17.2 Å². The van der Waals surface area contributed by atoms with E-state index in [9.17, 15) is 9.59 Å². The molecule has 6 heteroatoms. The van der Waals surface area contributed by atoms with Crippen LogP contribution in [0.5, 0.6) is 17.2 Å². The molecular weight excluding hydrogens is 322 g/mol. The number of amides is 1. The van der Waals surface area contributed by atoms with Gasteiger partial charge < -0.3 is 19.9 Å². The predicted molar refractivity (Wildman–Crippen MR) is 93.1 cm³/mol. The first kappa shape index (κ1) is 18.3. The molecule has 0 aliphatic heterocycles. The smallest absolute Gasteiger partial charge is 0.303 e. The standard InChI is InChI=1S/C19H21NO5/c1-24-16-3-2-4-17(13-16)25-15-7-5-14(6-8-15)11-12-20-18(21)9-10-19(22)23/h2-8,13H,9-12H2,1H3,(H,20,21)(H,22,23). The highest BCUT2D eigenvalue weighted by atomic mass is 16.5. The largest absolute Gasteiger partial charge is 0.497 e. The Morgan fingerprint density at radius 2 is 1.72 bits per heavy atom. The van der Waals surface area contributed by atoms with E-state index in [0.29, 0.717) is 24.5 Å². The van der Waals surface area contributed by atoms with Gasteiger partial charge in [0.05, 0.1) is 13.5 Å². The van der Waals surface area contributed by atoms with Crippen LogP contribution in [0.1, 0.15) is 18.4 Å². The number of ether oxygens (including phenoxy) is 2. The lowest BCUT2D eigenvalue weighted by Crippen LogP contribution is -2.25. The number of carboxylic acids is 1. The summed E-state index contributed by atoms with van der Waals surface area (Å²) in [4.78, 5) is 21.8. The number of benzene rings is 2. The first-order valence-corrected chi connectivity index (χ1v) is 7.96. The van der Waals surface area contributed by atoms with E-state index < -0.39 is 5.97 Å². The second-order valence-corrected chi connectivity index (χ2v) is 5.42. The highest BCUT2D eigenvalue weighted by Crippen LogP contribution is 2.25. The van der Waals surface area contributed by atoms with Gasteiger partial charge in [-0.25, -0.2) is 0 Å². The van der Waals surface area contributed by atoms with Crippen molar-refractivity contribution in [2.75, 3.05) is 13.7 Å². The second-order valence-electron chi connectivity index (χ2n) is 5.42. The van der Waals surface area contributed by atoms with Gasteiger partial charge in [-0.15, -0.1) is 0 Å². The van der Waals surface area contributed by atoms with Crippen molar-refractivity contribution in [2.45, 2.75) is 19.3 Å². The van der Waals surface area contributed by atoms with E-state index in [1.807, 2.05) is 42.5 Å². The van der Waals surface area contributed by atoms with Crippen molar-refractivity contribution < 1.29 is 24.2 Å². The summed E-state index contributed by atoms with van der Waals surface area (Å²) in [5.41, 5.74) is 1.05. The fourth-order valence-electron chi connectivity index (χ4n) is 2.18. The molecule has 0 fully saturated rings. The third-order valence-corrected chi connectivity index (χ3v) is 3.50. The van der Waals surface area contributed by atoms with Crippen LogP contribution in [0.2, 0.25) is 0 Å². The normalized spacial score (nSPS) is 10.1. The molecule has 2 rings (SSSR count). The lowest BCUT2D eigenvalue weighted by Gasteiger charge is -2.08. The summed E-state index contributed by atoms with van der Waals surface area (Å²) < 4.78 is 10.9. The van der Waals surface area contributed by atoms with Crippen LogP contribution < -0.4 is 14.8 Å². The summed E-state index contributed by atoms with van der Waals surface area (Å²) in [7, 11) is 1.61. The Kier molecular flexibility index (Phi) is 6.83. The average Bonchev–Trinajstić information content (AvgIpc) is 2.61. The molecular formula is C19H21NO5. The van der Waals surface area contributed by atoms with E-state index in [4.69, 9.17) is 14.6 Å². The molecule has 0 heterocycles. The van der Waals surface area contributed by atoms with Crippen LogP contribution in [0, 0.1) is 0 Å². The molecule has 2 aromatic rings. The van der Waals surface area contributed by atoms with E-state index in [2.05, 4.69) is 5.32 Å². The first-order chi connectivity index (χ1) is 12.1. The van der Waals surface area contributed by atoms with Crippen molar-refractivity contribution >= 4 is 11.9 Å². The number of hydrogen-bond donors (Lipinski definition) is 2. The summed E-state index contributed by atoms with van der Waals surface area (Å²) in [6, 6.07) is 14.9. The van der Waals surface area contributed by atoms with Gasteiger partial charge in [-0.2, -0.15) is 0 Å². The van der Waals surface area contributed by atoms with Gasteiger partial charge in [0.1, 0.15) is 17.2 Å². The lowest BCUT2D eigenvalue weighted by atomic mass is 10.1. The van der Waals surface area contributed by atoms with Crippen LogP contribution in [0.4, 0.5) is 0 Å². The Balaban J connectivity index is 1.79. The Hall–Kier alpha value is -3.02. The minimum Gasteiger partial charge on any atom is -0.497 e. The summed E-state index contributed by atoms with van der Waals surface area (Å²) in [6.45, 7) is 0.467. The van der Waals surface area contributed by atoms with Crippen molar-refractivity contribution in [1.82, 2.24) is 5.32 Å². The minimum absolute atomic E-state index is 0.00263. The lowest BCUT2D eigenvalue weighted by molar-refractivity contribution is -0.138. The molecule has 0 aromatic heterocycles. The zero-order valence-corrected chi connectivity index (χ0v) is 14.0. The number of rotatable bonds is 9. The van der Waals surface area contributed by atoms with Gasteiger partial charge in [-0.3, -0.25) is 9.59 Å². The van der Waals surface area contributed by atoms with E-state index >= 15 is 0 Å². The Bertz CT molecular complexity index is 712. The van der Waals surface area contributed by atoms with Gasteiger partial charge in [0.2, 0.25) is 5.91 Å². The average molecular weight is 343 g/mol. The molecule has 0 aliphatic rings. The fourth-order valence-corrected chi connectivity index (χ4v) is 2.18. The maximum atomic E-state index is 11.4. The minimum atomic E-state index is -0.971. The molecule has 0 aliphatic carbocycles.